The highest BCUT2D eigenvalue weighted by molar-refractivity contribution is 5.21. The van der Waals surface area contributed by atoms with Crippen LogP contribution >= 0.6 is 0 Å². The minimum Gasteiger partial charge on any atom is -0.401 e. The number of benzene rings is 2. The molecule has 2 N–H and O–H groups in total. The highest BCUT2D eigenvalue weighted by Gasteiger charge is 2.21. The van der Waals surface area contributed by atoms with E-state index in [-0.39, 0.29) is 0 Å². The van der Waals surface area contributed by atoms with Crippen LogP contribution in [0.4, 0.5) is 0 Å². The zero-order chi connectivity index (χ0) is 17.5. The van der Waals surface area contributed by atoms with E-state index in [1.54, 1.807) is 0 Å². The summed E-state index contributed by atoms with van der Waals surface area (Å²) in [5.74, 6) is 0. The van der Waals surface area contributed by atoms with Crippen LogP contribution in [0.3, 0.4) is 0 Å². The zero-order valence-electron chi connectivity index (χ0n) is 15.2. The quantitative estimate of drug-likeness (QED) is 0.831. The number of hydrogen-bond acceptors (Lipinski definition) is 3. The van der Waals surface area contributed by atoms with E-state index in [1.807, 2.05) is 0 Å². The SMILES string of the molecule is CCCN(Cc1ccccc1)C1=C(N)CCN(Cc2ccccc2)C1. The van der Waals surface area contributed by atoms with E-state index in [9.17, 15) is 0 Å². The first-order valence-electron chi connectivity index (χ1n) is 9.29. The van der Waals surface area contributed by atoms with Crippen LogP contribution in [0, 0.1) is 0 Å². The van der Waals surface area contributed by atoms with Crippen LogP contribution in [0.5, 0.6) is 0 Å². The Kier molecular flexibility index (Phi) is 6.13. The van der Waals surface area contributed by atoms with Gasteiger partial charge < -0.3 is 10.6 Å². The molecular formula is C22H29N3. The number of nitrogens with zero attached hydrogens (tertiary/aromatic N) is 2. The Morgan fingerprint density at radius 1 is 0.960 bits per heavy atom. The molecule has 2 aromatic rings. The molecule has 1 aliphatic rings. The maximum atomic E-state index is 6.43. The van der Waals surface area contributed by atoms with Gasteiger partial charge in [0.05, 0.1) is 0 Å². The standard InChI is InChI=1S/C22H29N3/c1-2-14-25(17-20-11-7-4-8-12-20)22-18-24(15-13-21(22)23)16-19-9-5-3-6-10-19/h3-12H,2,13-18,23H2,1H3. The molecule has 3 rings (SSSR count). The van der Waals surface area contributed by atoms with E-state index >= 15 is 0 Å². The second kappa shape index (κ2) is 8.72. The lowest BCUT2D eigenvalue weighted by Gasteiger charge is -2.36. The molecule has 1 heterocycles. The van der Waals surface area contributed by atoms with Gasteiger partial charge in [-0.25, -0.2) is 0 Å². The van der Waals surface area contributed by atoms with Crippen LogP contribution in [0.1, 0.15) is 30.9 Å². The van der Waals surface area contributed by atoms with Gasteiger partial charge in [0.15, 0.2) is 0 Å². The van der Waals surface area contributed by atoms with E-state index in [4.69, 9.17) is 5.73 Å². The molecule has 0 aromatic heterocycles. The predicted molar refractivity (Wildman–Crippen MR) is 105 cm³/mol. The minimum atomic E-state index is 0.934. The topological polar surface area (TPSA) is 32.5 Å². The van der Waals surface area contributed by atoms with Crippen molar-refractivity contribution in [2.45, 2.75) is 32.9 Å². The summed E-state index contributed by atoms with van der Waals surface area (Å²) >= 11 is 0. The van der Waals surface area contributed by atoms with Crippen molar-refractivity contribution in [1.29, 1.82) is 0 Å². The smallest absolute Gasteiger partial charge is 0.0470 e. The second-order valence-electron chi connectivity index (χ2n) is 6.83. The van der Waals surface area contributed by atoms with Gasteiger partial charge in [0.2, 0.25) is 0 Å². The first-order chi connectivity index (χ1) is 12.3. The third-order valence-corrected chi connectivity index (χ3v) is 4.78. The maximum absolute atomic E-state index is 6.43. The molecule has 0 amide bonds. The largest absolute Gasteiger partial charge is 0.401 e. The maximum Gasteiger partial charge on any atom is 0.0470 e. The molecule has 0 spiro atoms. The average molecular weight is 335 g/mol. The lowest BCUT2D eigenvalue weighted by molar-refractivity contribution is 0.219. The first kappa shape index (κ1) is 17.6. The molecule has 1 aliphatic heterocycles. The predicted octanol–water partition coefficient (Wildman–Crippen LogP) is 3.97. The summed E-state index contributed by atoms with van der Waals surface area (Å²) in [6, 6.07) is 21.4. The van der Waals surface area contributed by atoms with Crippen LogP contribution in [0.25, 0.3) is 0 Å². The van der Waals surface area contributed by atoms with Crippen molar-refractivity contribution in [2.75, 3.05) is 19.6 Å². The Balaban J connectivity index is 1.72. The molecule has 0 radical (unpaired) electrons. The fraction of sp³-hybridized carbons (Fsp3) is 0.364. The molecule has 3 heteroatoms. The molecule has 0 unspecified atom stereocenters. The van der Waals surface area contributed by atoms with E-state index in [0.29, 0.717) is 0 Å². The second-order valence-corrected chi connectivity index (χ2v) is 6.83. The lowest BCUT2D eigenvalue weighted by atomic mass is 10.1. The average Bonchev–Trinajstić information content (AvgIpc) is 2.65. The normalized spacial score (nSPS) is 15.4. The van der Waals surface area contributed by atoms with Gasteiger partial charge in [0, 0.05) is 50.5 Å². The van der Waals surface area contributed by atoms with Gasteiger partial charge in [-0.3, -0.25) is 4.90 Å². The van der Waals surface area contributed by atoms with Gasteiger partial charge in [0.1, 0.15) is 0 Å². The van der Waals surface area contributed by atoms with Gasteiger partial charge in [-0.05, 0) is 17.5 Å². The van der Waals surface area contributed by atoms with E-state index in [2.05, 4.69) is 77.4 Å². The minimum absolute atomic E-state index is 0.934. The Labute approximate surface area is 151 Å². The van der Waals surface area contributed by atoms with Crippen LogP contribution in [0.15, 0.2) is 72.1 Å². The summed E-state index contributed by atoms with van der Waals surface area (Å²) in [4.78, 5) is 4.98. The molecule has 0 saturated heterocycles. The molecule has 25 heavy (non-hydrogen) atoms. The van der Waals surface area contributed by atoms with Crippen molar-refractivity contribution >= 4 is 0 Å². The Hall–Kier alpha value is -2.26. The third kappa shape index (κ3) is 4.86. The first-order valence-corrected chi connectivity index (χ1v) is 9.29. The fourth-order valence-corrected chi connectivity index (χ4v) is 3.48. The van der Waals surface area contributed by atoms with Crippen molar-refractivity contribution in [3.05, 3.63) is 83.2 Å². The molecule has 0 aliphatic carbocycles. The lowest BCUT2D eigenvalue weighted by Crippen LogP contribution is -2.40. The van der Waals surface area contributed by atoms with Crippen molar-refractivity contribution < 1.29 is 0 Å². The summed E-state index contributed by atoms with van der Waals surface area (Å²) in [6.07, 6.45) is 2.08. The van der Waals surface area contributed by atoms with Crippen molar-refractivity contribution in [3.8, 4) is 0 Å². The fourth-order valence-electron chi connectivity index (χ4n) is 3.48. The van der Waals surface area contributed by atoms with Crippen molar-refractivity contribution in [3.63, 3.8) is 0 Å². The molecule has 3 nitrogen and oxygen atoms in total. The van der Waals surface area contributed by atoms with Gasteiger partial charge >= 0.3 is 0 Å². The van der Waals surface area contributed by atoms with Gasteiger partial charge in [-0.1, -0.05) is 67.6 Å². The van der Waals surface area contributed by atoms with E-state index < -0.39 is 0 Å². The Morgan fingerprint density at radius 2 is 1.60 bits per heavy atom. The highest BCUT2D eigenvalue weighted by Crippen LogP contribution is 2.22. The van der Waals surface area contributed by atoms with Crippen LogP contribution in [-0.4, -0.2) is 29.4 Å². The molecule has 132 valence electrons. The van der Waals surface area contributed by atoms with Gasteiger partial charge in [-0.2, -0.15) is 0 Å². The highest BCUT2D eigenvalue weighted by atomic mass is 15.2. The summed E-state index contributed by atoms with van der Waals surface area (Å²) in [6.45, 7) is 7.18. The van der Waals surface area contributed by atoms with Crippen molar-refractivity contribution in [2.24, 2.45) is 5.73 Å². The molecule has 0 atom stereocenters. The third-order valence-electron chi connectivity index (χ3n) is 4.78. The van der Waals surface area contributed by atoms with Crippen molar-refractivity contribution in [1.82, 2.24) is 9.80 Å². The summed E-state index contributed by atoms with van der Waals surface area (Å²) in [7, 11) is 0. The Morgan fingerprint density at radius 3 is 2.24 bits per heavy atom. The Bertz CT molecular complexity index is 679. The van der Waals surface area contributed by atoms with E-state index in [0.717, 1.165) is 51.3 Å². The van der Waals surface area contributed by atoms with Crippen LogP contribution in [0.2, 0.25) is 0 Å². The van der Waals surface area contributed by atoms with E-state index in [1.165, 1.54) is 16.8 Å². The molecule has 0 saturated carbocycles. The summed E-state index contributed by atoms with van der Waals surface area (Å²) < 4.78 is 0. The number of nitrogens with two attached hydrogens (primary N) is 1. The molecular weight excluding hydrogens is 306 g/mol. The molecule has 0 bridgehead atoms. The van der Waals surface area contributed by atoms with Crippen LogP contribution in [-0.2, 0) is 13.1 Å². The van der Waals surface area contributed by atoms with Crippen LogP contribution < -0.4 is 5.73 Å². The number of rotatable bonds is 7. The molecule has 2 aromatic carbocycles. The zero-order valence-corrected chi connectivity index (χ0v) is 15.2. The monoisotopic (exact) mass is 335 g/mol. The van der Waals surface area contributed by atoms with Gasteiger partial charge in [0.25, 0.3) is 0 Å². The number of hydrogen-bond donors (Lipinski definition) is 1. The van der Waals surface area contributed by atoms with Gasteiger partial charge in [-0.15, -0.1) is 0 Å². The summed E-state index contributed by atoms with van der Waals surface area (Å²) in [5, 5.41) is 0. The molecule has 0 fully saturated rings. The summed E-state index contributed by atoms with van der Waals surface area (Å²) in [5.41, 5.74) is 11.5.